The standard InChI is InChI=1S/C18H20N4O/c19-10-15-14(11-4-3-5-12(20)8-11)9-16(22-18(15)21)13-6-1-2-7-17(13)23/h1-2,6-7,9,11-12,23H,3-5,8,20H2,(H2,21,22). The van der Waals surface area contributed by atoms with Crippen molar-refractivity contribution in [3.8, 4) is 23.1 Å². The first-order valence-corrected chi connectivity index (χ1v) is 7.84. The average Bonchev–Trinajstić information content (AvgIpc) is 2.54. The number of benzene rings is 1. The molecule has 118 valence electrons. The Bertz CT molecular complexity index is 766. The molecule has 2 aromatic rings. The van der Waals surface area contributed by atoms with Crippen LogP contribution in [0.1, 0.15) is 42.7 Å². The van der Waals surface area contributed by atoms with E-state index in [1.54, 1.807) is 18.2 Å². The molecule has 3 rings (SSSR count). The lowest BCUT2D eigenvalue weighted by Gasteiger charge is -2.28. The van der Waals surface area contributed by atoms with E-state index >= 15 is 0 Å². The first-order valence-electron chi connectivity index (χ1n) is 7.84. The van der Waals surface area contributed by atoms with Crippen LogP contribution in [0.3, 0.4) is 0 Å². The molecule has 0 radical (unpaired) electrons. The van der Waals surface area contributed by atoms with E-state index < -0.39 is 0 Å². The number of hydrogen-bond donors (Lipinski definition) is 3. The largest absolute Gasteiger partial charge is 0.507 e. The van der Waals surface area contributed by atoms with E-state index in [-0.39, 0.29) is 23.5 Å². The van der Waals surface area contributed by atoms with E-state index in [0.29, 0.717) is 16.8 Å². The molecule has 2 unspecified atom stereocenters. The molecule has 0 spiro atoms. The number of hydrogen-bond acceptors (Lipinski definition) is 5. The van der Waals surface area contributed by atoms with Crippen molar-refractivity contribution in [2.24, 2.45) is 5.73 Å². The second-order valence-electron chi connectivity index (χ2n) is 6.11. The van der Waals surface area contributed by atoms with Gasteiger partial charge in [0.25, 0.3) is 0 Å². The fourth-order valence-electron chi connectivity index (χ4n) is 3.37. The predicted octanol–water partition coefficient (Wildman–Crippen LogP) is 2.89. The second kappa shape index (κ2) is 6.27. The van der Waals surface area contributed by atoms with Gasteiger partial charge in [-0.15, -0.1) is 0 Å². The third-order valence-corrected chi connectivity index (χ3v) is 4.52. The number of para-hydroxylation sites is 1. The van der Waals surface area contributed by atoms with Crippen LogP contribution < -0.4 is 11.5 Å². The first kappa shape index (κ1) is 15.3. The highest BCUT2D eigenvalue weighted by Crippen LogP contribution is 2.38. The molecule has 1 aliphatic carbocycles. The fraction of sp³-hybridized carbons (Fsp3) is 0.333. The summed E-state index contributed by atoms with van der Waals surface area (Å²) in [5, 5.41) is 19.5. The van der Waals surface area contributed by atoms with Crippen LogP contribution in [-0.2, 0) is 0 Å². The van der Waals surface area contributed by atoms with Crippen molar-refractivity contribution in [2.45, 2.75) is 37.6 Å². The molecular formula is C18H20N4O. The minimum atomic E-state index is 0.149. The second-order valence-corrected chi connectivity index (χ2v) is 6.11. The van der Waals surface area contributed by atoms with Crippen molar-refractivity contribution in [1.82, 2.24) is 4.98 Å². The Morgan fingerprint density at radius 1 is 1.26 bits per heavy atom. The highest BCUT2D eigenvalue weighted by Gasteiger charge is 2.25. The number of nitrogens with two attached hydrogens (primary N) is 2. The van der Waals surface area contributed by atoms with Gasteiger partial charge in [0.05, 0.1) is 11.3 Å². The van der Waals surface area contributed by atoms with Gasteiger partial charge in [-0.3, -0.25) is 0 Å². The van der Waals surface area contributed by atoms with Gasteiger partial charge in [0, 0.05) is 11.6 Å². The van der Waals surface area contributed by atoms with E-state index in [4.69, 9.17) is 11.5 Å². The molecule has 1 aliphatic rings. The molecule has 1 aromatic carbocycles. The van der Waals surface area contributed by atoms with Crippen molar-refractivity contribution < 1.29 is 5.11 Å². The molecule has 0 aliphatic heterocycles. The molecule has 1 fully saturated rings. The van der Waals surface area contributed by atoms with Crippen LogP contribution in [0.25, 0.3) is 11.3 Å². The summed E-state index contributed by atoms with van der Waals surface area (Å²) >= 11 is 0. The van der Waals surface area contributed by atoms with Crippen molar-refractivity contribution in [1.29, 1.82) is 5.26 Å². The molecule has 1 saturated carbocycles. The molecule has 2 atom stereocenters. The third kappa shape index (κ3) is 2.99. The van der Waals surface area contributed by atoms with Crippen molar-refractivity contribution in [3.63, 3.8) is 0 Å². The van der Waals surface area contributed by atoms with Gasteiger partial charge in [-0.1, -0.05) is 18.6 Å². The van der Waals surface area contributed by atoms with Crippen LogP contribution in [0.15, 0.2) is 30.3 Å². The number of phenols is 1. The predicted molar refractivity (Wildman–Crippen MR) is 89.6 cm³/mol. The molecule has 0 amide bonds. The van der Waals surface area contributed by atoms with Gasteiger partial charge in [0.2, 0.25) is 0 Å². The Labute approximate surface area is 135 Å². The fourth-order valence-corrected chi connectivity index (χ4v) is 3.37. The van der Waals surface area contributed by atoms with Crippen LogP contribution in [-0.4, -0.2) is 16.1 Å². The molecular weight excluding hydrogens is 288 g/mol. The number of phenolic OH excluding ortho intramolecular Hbond substituents is 1. The van der Waals surface area contributed by atoms with Gasteiger partial charge in [-0.25, -0.2) is 4.98 Å². The number of rotatable bonds is 2. The van der Waals surface area contributed by atoms with Gasteiger partial charge >= 0.3 is 0 Å². The highest BCUT2D eigenvalue weighted by atomic mass is 16.3. The lowest BCUT2D eigenvalue weighted by Crippen LogP contribution is -2.27. The maximum absolute atomic E-state index is 10.1. The van der Waals surface area contributed by atoms with Crippen molar-refractivity contribution >= 4 is 5.82 Å². The summed E-state index contributed by atoms with van der Waals surface area (Å²) in [4.78, 5) is 4.31. The Hall–Kier alpha value is -2.58. The van der Waals surface area contributed by atoms with Crippen molar-refractivity contribution in [2.75, 3.05) is 5.73 Å². The monoisotopic (exact) mass is 308 g/mol. The van der Waals surface area contributed by atoms with Gasteiger partial charge in [-0.05, 0) is 48.9 Å². The maximum atomic E-state index is 10.1. The van der Waals surface area contributed by atoms with E-state index in [2.05, 4.69) is 11.1 Å². The summed E-state index contributed by atoms with van der Waals surface area (Å²) in [6, 6.07) is 11.2. The molecule has 5 N–H and O–H groups in total. The molecule has 23 heavy (non-hydrogen) atoms. The van der Waals surface area contributed by atoms with Crippen LogP contribution in [0, 0.1) is 11.3 Å². The van der Waals surface area contributed by atoms with Gasteiger partial charge in [-0.2, -0.15) is 5.26 Å². The highest BCUT2D eigenvalue weighted by molar-refractivity contribution is 5.71. The molecule has 5 heteroatoms. The SMILES string of the molecule is N#Cc1c(C2CCCC(N)C2)cc(-c2ccccc2O)nc1N. The molecule has 1 aromatic heterocycles. The topological polar surface area (TPSA) is 109 Å². The van der Waals surface area contributed by atoms with E-state index in [9.17, 15) is 10.4 Å². The number of pyridine rings is 1. The molecule has 0 bridgehead atoms. The zero-order valence-corrected chi connectivity index (χ0v) is 12.9. The van der Waals surface area contributed by atoms with E-state index in [0.717, 1.165) is 31.2 Å². The zero-order chi connectivity index (χ0) is 16.4. The van der Waals surface area contributed by atoms with E-state index in [1.807, 2.05) is 12.1 Å². The quantitative estimate of drug-likeness (QED) is 0.790. The number of anilines is 1. The lowest BCUT2D eigenvalue weighted by molar-refractivity contribution is 0.393. The minimum absolute atomic E-state index is 0.149. The summed E-state index contributed by atoms with van der Waals surface area (Å²) in [6.45, 7) is 0. The lowest BCUT2D eigenvalue weighted by atomic mass is 9.80. The summed E-state index contributed by atoms with van der Waals surface area (Å²) in [7, 11) is 0. The summed E-state index contributed by atoms with van der Waals surface area (Å²) in [6.07, 6.45) is 3.90. The maximum Gasteiger partial charge on any atom is 0.142 e. The summed E-state index contributed by atoms with van der Waals surface area (Å²) in [5.74, 6) is 0.570. The van der Waals surface area contributed by atoms with Crippen LogP contribution in [0.4, 0.5) is 5.82 Å². The normalized spacial score (nSPS) is 20.9. The van der Waals surface area contributed by atoms with Crippen LogP contribution >= 0.6 is 0 Å². The summed E-state index contributed by atoms with van der Waals surface area (Å²) < 4.78 is 0. The number of aromatic hydroxyl groups is 1. The number of nitriles is 1. The summed E-state index contributed by atoms with van der Waals surface area (Å²) in [5.41, 5.74) is 14.6. The van der Waals surface area contributed by atoms with Gasteiger partial charge in [0.15, 0.2) is 0 Å². The van der Waals surface area contributed by atoms with Gasteiger partial charge in [0.1, 0.15) is 17.6 Å². The van der Waals surface area contributed by atoms with Gasteiger partial charge < -0.3 is 16.6 Å². The van der Waals surface area contributed by atoms with E-state index in [1.165, 1.54) is 0 Å². The molecule has 0 saturated heterocycles. The third-order valence-electron chi connectivity index (χ3n) is 4.52. The minimum Gasteiger partial charge on any atom is -0.507 e. The van der Waals surface area contributed by atoms with Crippen LogP contribution in [0.2, 0.25) is 0 Å². The molecule has 5 nitrogen and oxygen atoms in total. The zero-order valence-electron chi connectivity index (χ0n) is 12.9. The number of nitrogens with zero attached hydrogens (tertiary/aromatic N) is 2. The average molecular weight is 308 g/mol. The van der Waals surface area contributed by atoms with Crippen LogP contribution in [0.5, 0.6) is 5.75 Å². The molecule has 1 heterocycles. The Morgan fingerprint density at radius 2 is 2.04 bits per heavy atom. The Morgan fingerprint density at radius 3 is 2.74 bits per heavy atom. The number of nitrogen functional groups attached to an aromatic ring is 1. The van der Waals surface area contributed by atoms with Crippen molar-refractivity contribution in [3.05, 3.63) is 41.5 Å². The number of aromatic nitrogens is 1. The Kier molecular flexibility index (Phi) is 4.18. The first-order chi connectivity index (χ1) is 11.1. The smallest absolute Gasteiger partial charge is 0.142 e. The Balaban J connectivity index is 2.11.